The molecule has 1 amide bonds. The van der Waals surface area contributed by atoms with Gasteiger partial charge in [0.05, 0.1) is 24.9 Å². The number of hydrogen-bond acceptors (Lipinski definition) is 4. The minimum atomic E-state index is -3.39. The first kappa shape index (κ1) is 19.9. The second kappa shape index (κ2) is 7.85. The van der Waals surface area contributed by atoms with Crippen LogP contribution in [0.4, 0.5) is 0 Å². The summed E-state index contributed by atoms with van der Waals surface area (Å²) >= 11 is 0. The van der Waals surface area contributed by atoms with Gasteiger partial charge in [-0.2, -0.15) is 4.31 Å². The molecule has 1 fully saturated rings. The third-order valence-corrected chi connectivity index (χ3v) is 6.30. The number of amides is 1. The molecule has 1 aliphatic rings. The van der Waals surface area contributed by atoms with E-state index in [1.54, 1.807) is 11.8 Å². The van der Waals surface area contributed by atoms with Crippen molar-refractivity contribution in [3.05, 3.63) is 35.9 Å². The van der Waals surface area contributed by atoms with Crippen LogP contribution >= 0.6 is 0 Å². The van der Waals surface area contributed by atoms with Crippen molar-refractivity contribution >= 4 is 15.9 Å². The molecule has 0 aliphatic carbocycles. The van der Waals surface area contributed by atoms with Gasteiger partial charge in [0.25, 0.3) is 0 Å². The average Bonchev–Trinajstić information content (AvgIpc) is 2.53. The molecule has 7 heteroatoms. The second-order valence-electron chi connectivity index (χ2n) is 6.83. The quantitative estimate of drug-likeness (QED) is 0.790. The minimum Gasteiger partial charge on any atom is -0.394 e. The zero-order valence-corrected chi connectivity index (χ0v) is 16.1. The average molecular weight is 368 g/mol. The highest BCUT2D eigenvalue weighted by atomic mass is 32.2. The fourth-order valence-corrected chi connectivity index (χ4v) is 4.92. The van der Waals surface area contributed by atoms with Gasteiger partial charge in [0.2, 0.25) is 15.9 Å². The van der Waals surface area contributed by atoms with Crippen molar-refractivity contribution in [3.8, 4) is 0 Å². The van der Waals surface area contributed by atoms with E-state index < -0.39 is 10.0 Å². The van der Waals surface area contributed by atoms with E-state index in [2.05, 4.69) is 0 Å². The third kappa shape index (κ3) is 4.04. The van der Waals surface area contributed by atoms with Gasteiger partial charge in [-0.25, -0.2) is 8.42 Å². The number of hydrogen-bond donors (Lipinski definition) is 1. The van der Waals surface area contributed by atoms with E-state index in [1.165, 1.54) is 10.6 Å². The van der Waals surface area contributed by atoms with Crippen molar-refractivity contribution < 1.29 is 18.3 Å². The maximum atomic E-state index is 12.4. The number of sulfonamides is 1. The molecule has 1 aromatic rings. The molecule has 1 aromatic carbocycles. The number of benzene rings is 1. The van der Waals surface area contributed by atoms with Gasteiger partial charge in [-0.05, 0) is 19.4 Å². The van der Waals surface area contributed by atoms with E-state index in [9.17, 15) is 18.3 Å². The Kier molecular flexibility index (Phi) is 6.24. The molecule has 25 heavy (non-hydrogen) atoms. The van der Waals surface area contributed by atoms with Gasteiger partial charge in [0, 0.05) is 24.9 Å². The Morgan fingerprint density at radius 2 is 1.84 bits per heavy atom. The van der Waals surface area contributed by atoms with E-state index in [1.807, 2.05) is 44.2 Å². The number of carbonyl (C=O) groups is 1. The van der Waals surface area contributed by atoms with Gasteiger partial charge in [0.1, 0.15) is 0 Å². The zero-order valence-electron chi connectivity index (χ0n) is 15.3. The molecule has 0 aromatic heterocycles. The molecule has 1 saturated heterocycles. The van der Waals surface area contributed by atoms with E-state index in [-0.39, 0.29) is 43.1 Å². The van der Waals surface area contributed by atoms with Crippen LogP contribution < -0.4 is 0 Å². The molecule has 0 radical (unpaired) electrons. The summed E-state index contributed by atoms with van der Waals surface area (Å²) in [6.45, 7) is 5.53. The Morgan fingerprint density at radius 3 is 2.28 bits per heavy atom. The van der Waals surface area contributed by atoms with Crippen LogP contribution in [0.1, 0.15) is 38.7 Å². The molecule has 0 saturated carbocycles. The first-order valence-electron chi connectivity index (χ1n) is 8.66. The summed E-state index contributed by atoms with van der Waals surface area (Å²) in [5.74, 6) is -0.141. The van der Waals surface area contributed by atoms with Crippen LogP contribution in [0, 0.1) is 0 Å². The molecule has 3 atom stereocenters. The van der Waals surface area contributed by atoms with Gasteiger partial charge in [-0.15, -0.1) is 0 Å². The second-order valence-corrected chi connectivity index (χ2v) is 8.77. The lowest BCUT2D eigenvalue weighted by molar-refractivity contribution is -0.151. The summed E-state index contributed by atoms with van der Waals surface area (Å²) in [5, 5.41) is 9.83. The Bertz CT molecular complexity index is 690. The number of rotatable bonds is 7. The van der Waals surface area contributed by atoms with Gasteiger partial charge < -0.3 is 10.0 Å². The molecule has 0 unspecified atom stereocenters. The van der Waals surface area contributed by atoms with Crippen LogP contribution in [0.3, 0.4) is 0 Å². The first-order chi connectivity index (χ1) is 11.7. The summed E-state index contributed by atoms with van der Waals surface area (Å²) < 4.78 is 25.8. The zero-order chi connectivity index (χ0) is 18.8. The normalized spacial score (nSPS) is 23.8. The number of aliphatic hydroxyl groups excluding tert-OH is 1. The van der Waals surface area contributed by atoms with E-state index in [0.29, 0.717) is 6.42 Å². The highest BCUT2D eigenvalue weighted by molar-refractivity contribution is 7.88. The van der Waals surface area contributed by atoms with Crippen LogP contribution in [0.5, 0.6) is 0 Å². The minimum absolute atomic E-state index is 0.0616. The van der Waals surface area contributed by atoms with E-state index in [4.69, 9.17) is 0 Å². The Balaban J connectivity index is 2.38. The lowest BCUT2D eigenvalue weighted by Gasteiger charge is -2.56. The predicted octanol–water partition coefficient (Wildman–Crippen LogP) is 1.42. The number of likely N-dealkylation sites (tertiary alicyclic amines) is 1. The maximum Gasteiger partial charge on any atom is 0.222 e. The Morgan fingerprint density at radius 1 is 1.24 bits per heavy atom. The predicted molar refractivity (Wildman–Crippen MR) is 97.7 cm³/mol. The van der Waals surface area contributed by atoms with Crippen molar-refractivity contribution in [3.63, 3.8) is 0 Å². The Hall–Kier alpha value is -1.44. The van der Waals surface area contributed by atoms with Crippen molar-refractivity contribution in [1.29, 1.82) is 0 Å². The van der Waals surface area contributed by atoms with Crippen molar-refractivity contribution in [2.24, 2.45) is 0 Å². The van der Waals surface area contributed by atoms with Crippen molar-refractivity contribution in [2.75, 3.05) is 19.4 Å². The lowest BCUT2D eigenvalue weighted by atomic mass is 9.74. The monoisotopic (exact) mass is 368 g/mol. The molecule has 1 heterocycles. The highest BCUT2D eigenvalue weighted by Gasteiger charge is 2.51. The summed E-state index contributed by atoms with van der Waals surface area (Å²) in [4.78, 5) is 14.1. The van der Waals surface area contributed by atoms with Crippen LogP contribution in [0.15, 0.2) is 30.3 Å². The van der Waals surface area contributed by atoms with Gasteiger partial charge >= 0.3 is 0 Å². The molecular weight excluding hydrogens is 340 g/mol. The summed E-state index contributed by atoms with van der Waals surface area (Å²) in [5.41, 5.74) is 1.02. The number of carbonyl (C=O) groups excluding carboxylic acids is 1. The molecule has 140 valence electrons. The SMILES string of the molecule is CCC(=O)N1[C@H](CN(C(C)C)S(C)(=O)=O)[C@@H](c2ccccc2)[C@@H]1CO. The van der Waals surface area contributed by atoms with Crippen LogP contribution in [-0.4, -0.2) is 66.2 Å². The van der Waals surface area contributed by atoms with E-state index >= 15 is 0 Å². The van der Waals surface area contributed by atoms with Crippen LogP contribution in [0.25, 0.3) is 0 Å². The van der Waals surface area contributed by atoms with Crippen molar-refractivity contribution in [2.45, 2.75) is 51.2 Å². The van der Waals surface area contributed by atoms with Gasteiger partial charge in [-0.1, -0.05) is 37.3 Å². The van der Waals surface area contributed by atoms with Crippen LogP contribution in [-0.2, 0) is 14.8 Å². The van der Waals surface area contributed by atoms with E-state index in [0.717, 1.165) is 5.56 Å². The molecule has 2 rings (SSSR count). The fraction of sp³-hybridized carbons (Fsp3) is 0.611. The number of nitrogens with zero attached hydrogens (tertiary/aromatic N) is 2. The molecule has 6 nitrogen and oxygen atoms in total. The highest BCUT2D eigenvalue weighted by Crippen LogP contribution is 2.41. The van der Waals surface area contributed by atoms with Crippen LogP contribution in [0.2, 0.25) is 0 Å². The number of aliphatic hydroxyl groups is 1. The fourth-order valence-electron chi connectivity index (χ4n) is 3.74. The Labute approximate surface area is 150 Å². The summed E-state index contributed by atoms with van der Waals surface area (Å²) in [6, 6.07) is 8.90. The molecule has 0 bridgehead atoms. The van der Waals surface area contributed by atoms with Crippen molar-refractivity contribution in [1.82, 2.24) is 9.21 Å². The molecular formula is C18H28N2O4S. The first-order valence-corrected chi connectivity index (χ1v) is 10.5. The largest absolute Gasteiger partial charge is 0.394 e. The molecule has 1 aliphatic heterocycles. The third-order valence-electron chi connectivity index (χ3n) is 4.87. The summed E-state index contributed by atoms with van der Waals surface area (Å²) in [6.07, 6.45) is 1.52. The van der Waals surface area contributed by atoms with Gasteiger partial charge in [-0.3, -0.25) is 4.79 Å². The smallest absolute Gasteiger partial charge is 0.222 e. The summed E-state index contributed by atoms with van der Waals surface area (Å²) in [7, 11) is -3.39. The standard InChI is InChI=1S/C18H28N2O4S/c1-5-17(22)20-15(11-19(13(2)3)25(4,23)24)18(16(20)12-21)14-9-7-6-8-10-14/h6-10,13,15-16,18,21H,5,11-12H2,1-4H3/t15-,16+,18-/m1/s1. The molecule has 0 spiro atoms. The topological polar surface area (TPSA) is 77.9 Å². The maximum absolute atomic E-state index is 12.4. The lowest BCUT2D eigenvalue weighted by Crippen LogP contribution is -2.69. The molecule has 1 N–H and O–H groups in total. The van der Waals surface area contributed by atoms with Gasteiger partial charge in [0.15, 0.2) is 0 Å².